The summed E-state index contributed by atoms with van der Waals surface area (Å²) in [6.45, 7) is 1.86. The van der Waals surface area contributed by atoms with E-state index >= 15 is 0 Å². The second-order valence-corrected chi connectivity index (χ2v) is 4.52. The smallest absolute Gasteiger partial charge is 0.270 e. The lowest BCUT2D eigenvalue weighted by Gasteiger charge is -2.16. The molecule has 0 aliphatic rings. The Morgan fingerprint density at radius 3 is 2.52 bits per heavy atom. The minimum atomic E-state index is -0.548. The van der Waals surface area contributed by atoms with E-state index in [2.05, 4.69) is 5.32 Å². The number of hydrogen-bond acceptors (Lipinski definition) is 4. The van der Waals surface area contributed by atoms with Crippen LogP contribution in [0.5, 0.6) is 0 Å². The lowest BCUT2D eigenvalue weighted by Crippen LogP contribution is -2.08. The molecule has 2 aromatic carbocycles. The van der Waals surface area contributed by atoms with Crippen molar-refractivity contribution >= 4 is 11.4 Å². The third kappa shape index (κ3) is 3.34. The Labute approximate surface area is 120 Å². The number of anilines is 1. The zero-order valence-corrected chi connectivity index (χ0v) is 11.2. The predicted octanol–water partition coefficient (Wildman–Crippen LogP) is 3.78. The molecule has 0 saturated carbocycles. The SMILES string of the molecule is CC(Nc1ccc([N+](=O)[O-])cc1C#N)c1ccc(F)cc1. The molecule has 1 N–H and O–H groups in total. The van der Waals surface area contributed by atoms with Crippen LogP contribution in [0.25, 0.3) is 0 Å². The molecule has 0 aliphatic heterocycles. The summed E-state index contributed by atoms with van der Waals surface area (Å²) >= 11 is 0. The van der Waals surface area contributed by atoms with Crippen molar-refractivity contribution in [2.75, 3.05) is 5.32 Å². The number of nitrogens with zero attached hydrogens (tertiary/aromatic N) is 2. The molecule has 0 spiro atoms. The largest absolute Gasteiger partial charge is 0.377 e. The van der Waals surface area contributed by atoms with Gasteiger partial charge in [0.1, 0.15) is 11.9 Å². The first kappa shape index (κ1) is 14.5. The van der Waals surface area contributed by atoms with E-state index in [1.165, 1.54) is 30.3 Å². The lowest BCUT2D eigenvalue weighted by atomic mass is 10.1. The molecular formula is C15H12FN3O2. The molecule has 0 bridgehead atoms. The number of halogens is 1. The molecule has 0 aromatic heterocycles. The van der Waals surface area contributed by atoms with Gasteiger partial charge in [0.2, 0.25) is 0 Å². The predicted molar refractivity (Wildman–Crippen MR) is 76.2 cm³/mol. The van der Waals surface area contributed by atoms with Gasteiger partial charge in [0.15, 0.2) is 0 Å². The van der Waals surface area contributed by atoms with Crippen LogP contribution in [0.1, 0.15) is 24.1 Å². The maximum Gasteiger partial charge on any atom is 0.270 e. The molecular weight excluding hydrogens is 273 g/mol. The highest BCUT2D eigenvalue weighted by atomic mass is 19.1. The fraction of sp³-hybridized carbons (Fsp3) is 0.133. The molecule has 0 aliphatic carbocycles. The Hall–Kier alpha value is -2.94. The zero-order valence-electron chi connectivity index (χ0n) is 11.2. The van der Waals surface area contributed by atoms with Crippen LogP contribution in [0.4, 0.5) is 15.8 Å². The topological polar surface area (TPSA) is 79.0 Å². The second kappa shape index (κ2) is 6.01. The molecule has 2 rings (SSSR count). The Morgan fingerprint density at radius 2 is 1.95 bits per heavy atom. The van der Waals surface area contributed by atoms with Gasteiger partial charge in [0.25, 0.3) is 5.69 Å². The number of nitro benzene ring substituents is 1. The summed E-state index contributed by atoms with van der Waals surface area (Å²) in [4.78, 5) is 10.1. The van der Waals surface area contributed by atoms with E-state index in [4.69, 9.17) is 5.26 Å². The van der Waals surface area contributed by atoms with Crippen LogP contribution >= 0.6 is 0 Å². The summed E-state index contributed by atoms with van der Waals surface area (Å²) in [6, 6.07) is 11.8. The zero-order chi connectivity index (χ0) is 15.4. The summed E-state index contributed by atoms with van der Waals surface area (Å²) < 4.78 is 12.9. The van der Waals surface area contributed by atoms with Crippen molar-refractivity contribution in [1.29, 1.82) is 5.26 Å². The van der Waals surface area contributed by atoms with Gasteiger partial charge in [-0.05, 0) is 30.7 Å². The molecule has 21 heavy (non-hydrogen) atoms. The van der Waals surface area contributed by atoms with Crippen molar-refractivity contribution in [1.82, 2.24) is 0 Å². The van der Waals surface area contributed by atoms with Crippen molar-refractivity contribution < 1.29 is 9.31 Å². The number of non-ortho nitro benzene ring substituents is 1. The van der Waals surface area contributed by atoms with Crippen molar-refractivity contribution in [2.45, 2.75) is 13.0 Å². The average Bonchev–Trinajstić information content (AvgIpc) is 2.48. The highest BCUT2D eigenvalue weighted by molar-refractivity contribution is 5.62. The maximum absolute atomic E-state index is 12.9. The highest BCUT2D eigenvalue weighted by Gasteiger charge is 2.13. The number of rotatable bonds is 4. The summed E-state index contributed by atoms with van der Waals surface area (Å²) in [5.41, 5.74) is 1.41. The van der Waals surface area contributed by atoms with E-state index in [1.54, 1.807) is 12.1 Å². The Morgan fingerprint density at radius 1 is 1.29 bits per heavy atom. The van der Waals surface area contributed by atoms with Gasteiger partial charge in [-0.3, -0.25) is 10.1 Å². The maximum atomic E-state index is 12.9. The Kier molecular flexibility index (Phi) is 4.14. The Balaban J connectivity index is 2.25. The molecule has 0 radical (unpaired) electrons. The van der Waals surface area contributed by atoms with Crippen molar-refractivity contribution in [3.8, 4) is 6.07 Å². The van der Waals surface area contributed by atoms with Gasteiger partial charge < -0.3 is 5.32 Å². The van der Waals surface area contributed by atoms with E-state index in [1.807, 2.05) is 13.0 Å². The van der Waals surface area contributed by atoms with Crippen LogP contribution in [-0.2, 0) is 0 Å². The normalized spacial score (nSPS) is 11.5. The van der Waals surface area contributed by atoms with Crippen LogP contribution in [0.3, 0.4) is 0 Å². The minimum Gasteiger partial charge on any atom is -0.377 e. The molecule has 0 saturated heterocycles. The molecule has 1 atom stereocenters. The molecule has 2 aromatic rings. The van der Waals surface area contributed by atoms with Crippen LogP contribution in [0, 0.1) is 27.3 Å². The molecule has 5 nitrogen and oxygen atoms in total. The van der Waals surface area contributed by atoms with Gasteiger partial charge in [-0.2, -0.15) is 5.26 Å². The molecule has 0 amide bonds. The van der Waals surface area contributed by atoms with E-state index in [-0.39, 0.29) is 23.1 Å². The molecule has 106 valence electrons. The first-order chi connectivity index (χ1) is 10.0. The lowest BCUT2D eigenvalue weighted by molar-refractivity contribution is -0.384. The standard InChI is InChI=1S/C15H12FN3O2/c1-10(11-2-4-13(16)5-3-11)18-15-7-6-14(19(20)21)8-12(15)9-17/h2-8,10,18H,1H3. The van der Waals surface area contributed by atoms with Gasteiger partial charge in [-0.15, -0.1) is 0 Å². The third-order valence-electron chi connectivity index (χ3n) is 3.08. The molecule has 6 heteroatoms. The quantitative estimate of drug-likeness (QED) is 0.685. The first-order valence-electron chi connectivity index (χ1n) is 6.22. The van der Waals surface area contributed by atoms with E-state index in [9.17, 15) is 14.5 Å². The van der Waals surface area contributed by atoms with Crippen molar-refractivity contribution in [2.24, 2.45) is 0 Å². The van der Waals surface area contributed by atoms with Gasteiger partial charge in [0, 0.05) is 18.2 Å². The fourth-order valence-corrected chi connectivity index (χ4v) is 1.93. The number of benzene rings is 2. The molecule has 1 unspecified atom stereocenters. The number of nitro groups is 1. The van der Waals surface area contributed by atoms with E-state index < -0.39 is 4.92 Å². The number of nitriles is 1. The van der Waals surface area contributed by atoms with Crippen LogP contribution in [0.15, 0.2) is 42.5 Å². The van der Waals surface area contributed by atoms with Crippen LogP contribution < -0.4 is 5.32 Å². The first-order valence-corrected chi connectivity index (χ1v) is 6.22. The number of nitrogens with one attached hydrogen (secondary N) is 1. The van der Waals surface area contributed by atoms with Gasteiger partial charge >= 0.3 is 0 Å². The van der Waals surface area contributed by atoms with Gasteiger partial charge in [0.05, 0.1) is 16.2 Å². The van der Waals surface area contributed by atoms with E-state index in [0.717, 1.165) is 5.56 Å². The van der Waals surface area contributed by atoms with Crippen LogP contribution in [0.2, 0.25) is 0 Å². The summed E-state index contributed by atoms with van der Waals surface area (Å²) in [5.74, 6) is -0.320. The van der Waals surface area contributed by atoms with Crippen molar-refractivity contribution in [3.63, 3.8) is 0 Å². The summed E-state index contributed by atoms with van der Waals surface area (Å²) in [7, 11) is 0. The molecule has 0 fully saturated rings. The van der Waals surface area contributed by atoms with Gasteiger partial charge in [-0.25, -0.2) is 4.39 Å². The van der Waals surface area contributed by atoms with Crippen LogP contribution in [-0.4, -0.2) is 4.92 Å². The second-order valence-electron chi connectivity index (χ2n) is 4.52. The van der Waals surface area contributed by atoms with Gasteiger partial charge in [-0.1, -0.05) is 12.1 Å². The number of hydrogen-bond donors (Lipinski definition) is 1. The summed E-state index contributed by atoms with van der Waals surface area (Å²) in [5, 5.41) is 22.9. The Bertz CT molecular complexity index is 708. The monoisotopic (exact) mass is 285 g/mol. The van der Waals surface area contributed by atoms with E-state index in [0.29, 0.717) is 5.69 Å². The highest BCUT2D eigenvalue weighted by Crippen LogP contribution is 2.25. The fourth-order valence-electron chi connectivity index (χ4n) is 1.93. The summed E-state index contributed by atoms with van der Waals surface area (Å²) in [6.07, 6.45) is 0. The third-order valence-corrected chi connectivity index (χ3v) is 3.08. The average molecular weight is 285 g/mol. The molecule has 0 heterocycles. The van der Waals surface area contributed by atoms with Crippen molar-refractivity contribution in [3.05, 3.63) is 69.5 Å². The minimum absolute atomic E-state index is 0.133.